The Labute approximate surface area is 144 Å². The lowest BCUT2D eigenvalue weighted by molar-refractivity contribution is 0.835. The second-order valence-electron chi connectivity index (χ2n) is 6.78. The van der Waals surface area contributed by atoms with Crippen molar-refractivity contribution in [2.75, 3.05) is 0 Å². The number of rotatable bonds is 4. The first-order valence-electron chi connectivity index (χ1n) is 8.59. The topological polar surface area (TPSA) is 25.2 Å². The highest BCUT2D eigenvalue weighted by atomic mass is 14.8. The van der Waals surface area contributed by atoms with Crippen molar-refractivity contribution in [3.8, 4) is 0 Å². The zero-order chi connectivity index (χ0) is 17.1. The number of nitrogens with zero attached hydrogens (tertiary/aromatic N) is 2. The van der Waals surface area contributed by atoms with Crippen LogP contribution >= 0.6 is 0 Å². The molecule has 122 valence electrons. The molecule has 3 aromatic rings. The predicted octanol–water partition coefficient (Wildman–Crippen LogP) is 6.23. The maximum atomic E-state index is 4.84. The van der Waals surface area contributed by atoms with E-state index in [1.54, 1.807) is 0 Å². The lowest BCUT2D eigenvalue weighted by atomic mass is 9.93. The van der Waals surface area contributed by atoms with Gasteiger partial charge in [0.2, 0.25) is 0 Å². The third-order valence-electron chi connectivity index (χ3n) is 4.29. The molecule has 1 heterocycles. The van der Waals surface area contributed by atoms with Crippen molar-refractivity contribution in [3.05, 3.63) is 71.4 Å². The summed E-state index contributed by atoms with van der Waals surface area (Å²) in [5.74, 6) is 0.890. The van der Waals surface area contributed by atoms with Crippen molar-refractivity contribution >= 4 is 22.8 Å². The van der Waals surface area contributed by atoms with Crippen LogP contribution in [0.25, 0.3) is 10.9 Å². The van der Waals surface area contributed by atoms with Gasteiger partial charge in [-0.3, -0.25) is 4.99 Å². The van der Waals surface area contributed by atoms with Crippen LogP contribution < -0.4 is 0 Å². The molecule has 0 bridgehead atoms. The molecule has 0 aliphatic carbocycles. The predicted molar refractivity (Wildman–Crippen MR) is 104 cm³/mol. The Balaban J connectivity index is 2.03. The minimum absolute atomic E-state index is 0.445. The SMILES string of the molecule is CC(C)c1cccc(C(C)C)c1/N=C/c1ccc2ccccc2n1. The van der Waals surface area contributed by atoms with E-state index in [9.17, 15) is 0 Å². The van der Waals surface area contributed by atoms with Crippen LogP contribution in [-0.4, -0.2) is 11.2 Å². The Bertz CT molecular complexity index is 850. The van der Waals surface area contributed by atoms with Gasteiger partial charge in [-0.1, -0.05) is 70.2 Å². The Hall–Kier alpha value is -2.48. The van der Waals surface area contributed by atoms with Crippen LogP contribution in [0.4, 0.5) is 5.69 Å². The number of fused-ring (bicyclic) bond motifs is 1. The molecular weight excluding hydrogens is 292 g/mol. The van der Waals surface area contributed by atoms with E-state index in [-0.39, 0.29) is 0 Å². The second-order valence-corrected chi connectivity index (χ2v) is 6.78. The van der Waals surface area contributed by atoms with E-state index in [2.05, 4.69) is 58.0 Å². The second kappa shape index (κ2) is 6.96. The van der Waals surface area contributed by atoms with E-state index in [0.717, 1.165) is 22.3 Å². The van der Waals surface area contributed by atoms with Gasteiger partial charge in [-0.25, -0.2) is 4.98 Å². The molecule has 0 spiro atoms. The van der Waals surface area contributed by atoms with Gasteiger partial charge in [0, 0.05) is 5.39 Å². The number of pyridine rings is 1. The summed E-state index contributed by atoms with van der Waals surface area (Å²) in [6.07, 6.45) is 1.89. The summed E-state index contributed by atoms with van der Waals surface area (Å²) in [5.41, 5.74) is 5.57. The van der Waals surface area contributed by atoms with E-state index in [0.29, 0.717) is 11.8 Å². The Morgan fingerprint density at radius 3 is 2.12 bits per heavy atom. The average Bonchev–Trinajstić information content (AvgIpc) is 2.59. The smallest absolute Gasteiger partial charge is 0.0820 e. The fraction of sp³-hybridized carbons (Fsp3) is 0.273. The molecule has 0 saturated heterocycles. The first-order chi connectivity index (χ1) is 11.6. The molecule has 0 saturated carbocycles. The summed E-state index contributed by atoms with van der Waals surface area (Å²) in [5, 5.41) is 1.15. The maximum absolute atomic E-state index is 4.84. The van der Waals surface area contributed by atoms with Gasteiger partial charge >= 0.3 is 0 Å². The number of para-hydroxylation sites is 2. The van der Waals surface area contributed by atoms with Crippen molar-refractivity contribution in [1.82, 2.24) is 4.98 Å². The van der Waals surface area contributed by atoms with Crippen molar-refractivity contribution in [2.24, 2.45) is 4.99 Å². The van der Waals surface area contributed by atoms with E-state index in [1.807, 2.05) is 30.5 Å². The van der Waals surface area contributed by atoms with Gasteiger partial charge in [0.1, 0.15) is 0 Å². The molecule has 0 fully saturated rings. The van der Waals surface area contributed by atoms with E-state index in [1.165, 1.54) is 11.1 Å². The van der Waals surface area contributed by atoms with E-state index in [4.69, 9.17) is 9.98 Å². The number of benzene rings is 2. The van der Waals surface area contributed by atoms with Crippen LogP contribution in [0.2, 0.25) is 0 Å². The van der Waals surface area contributed by atoms with Gasteiger partial charge in [0.25, 0.3) is 0 Å². The normalized spacial score (nSPS) is 11.9. The largest absolute Gasteiger partial charge is 0.254 e. The molecule has 24 heavy (non-hydrogen) atoms. The first kappa shape index (κ1) is 16.4. The third kappa shape index (κ3) is 3.38. The van der Waals surface area contributed by atoms with Crippen LogP contribution in [0.3, 0.4) is 0 Å². The maximum Gasteiger partial charge on any atom is 0.0820 e. The van der Waals surface area contributed by atoms with Crippen LogP contribution in [0.15, 0.2) is 59.6 Å². The summed E-state index contributed by atoms with van der Waals surface area (Å²) in [7, 11) is 0. The average molecular weight is 316 g/mol. The van der Waals surface area contributed by atoms with Crippen molar-refractivity contribution in [3.63, 3.8) is 0 Å². The number of hydrogen-bond donors (Lipinski definition) is 0. The lowest BCUT2D eigenvalue weighted by Crippen LogP contribution is -1.96. The molecule has 1 aromatic heterocycles. The van der Waals surface area contributed by atoms with Crippen LogP contribution in [0, 0.1) is 0 Å². The molecular formula is C22H24N2. The monoisotopic (exact) mass is 316 g/mol. The van der Waals surface area contributed by atoms with Gasteiger partial charge in [-0.2, -0.15) is 0 Å². The molecule has 2 heteroatoms. The van der Waals surface area contributed by atoms with Gasteiger partial charge in [0.05, 0.1) is 23.1 Å². The minimum atomic E-state index is 0.445. The fourth-order valence-corrected chi connectivity index (χ4v) is 2.95. The summed E-state index contributed by atoms with van der Waals surface area (Å²) in [6.45, 7) is 8.86. The zero-order valence-corrected chi connectivity index (χ0v) is 14.8. The Morgan fingerprint density at radius 1 is 0.792 bits per heavy atom. The van der Waals surface area contributed by atoms with Gasteiger partial charge < -0.3 is 0 Å². The highest BCUT2D eigenvalue weighted by molar-refractivity contribution is 5.86. The molecule has 0 aliphatic heterocycles. The molecule has 0 atom stereocenters. The van der Waals surface area contributed by atoms with E-state index < -0.39 is 0 Å². The molecule has 0 amide bonds. The van der Waals surface area contributed by atoms with Gasteiger partial charge in [-0.05, 0) is 35.1 Å². The first-order valence-corrected chi connectivity index (χ1v) is 8.59. The fourth-order valence-electron chi connectivity index (χ4n) is 2.95. The lowest BCUT2D eigenvalue weighted by Gasteiger charge is -2.16. The molecule has 2 aromatic carbocycles. The summed E-state index contributed by atoms with van der Waals surface area (Å²) < 4.78 is 0. The molecule has 0 aliphatic rings. The minimum Gasteiger partial charge on any atom is -0.254 e. The highest BCUT2D eigenvalue weighted by Gasteiger charge is 2.12. The number of hydrogen-bond acceptors (Lipinski definition) is 2. The van der Waals surface area contributed by atoms with Crippen molar-refractivity contribution in [2.45, 2.75) is 39.5 Å². The summed E-state index contributed by atoms with van der Waals surface area (Å²) in [6, 6.07) is 18.8. The summed E-state index contributed by atoms with van der Waals surface area (Å²) in [4.78, 5) is 9.53. The third-order valence-corrected chi connectivity index (χ3v) is 4.29. The van der Waals surface area contributed by atoms with E-state index >= 15 is 0 Å². The Morgan fingerprint density at radius 2 is 1.46 bits per heavy atom. The van der Waals surface area contributed by atoms with Gasteiger partial charge in [0.15, 0.2) is 0 Å². The zero-order valence-electron chi connectivity index (χ0n) is 14.8. The number of aromatic nitrogens is 1. The Kier molecular flexibility index (Phi) is 4.75. The molecule has 0 unspecified atom stereocenters. The van der Waals surface area contributed by atoms with Crippen LogP contribution in [0.1, 0.15) is 56.4 Å². The van der Waals surface area contributed by atoms with Crippen LogP contribution in [-0.2, 0) is 0 Å². The molecule has 0 N–H and O–H groups in total. The van der Waals surface area contributed by atoms with Crippen LogP contribution in [0.5, 0.6) is 0 Å². The molecule has 2 nitrogen and oxygen atoms in total. The van der Waals surface area contributed by atoms with Gasteiger partial charge in [-0.15, -0.1) is 0 Å². The van der Waals surface area contributed by atoms with Crippen molar-refractivity contribution in [1.29, 1.82) is 0 Å². The molecule has 0 radical (unpaired) electrons. The summed E-state index contributed by atoms with van der Waals surface area (Å²) >= 11 is 0. The molecule has 3 rings (SSSR count). The van der Waals surface area contributed by atoms with Crippen molar-refractivity contribution < 1.29 is 0 Å². The standard InChI is InChI=1S/C22H24N2/c1-15(2)19-9-7-10-20(16(3)4)22(19)23-14-18-13-12-17-8-5-6-11-21(17)24-18/h5-16H,1-4H3/b23-14+. The highest BCUT2D eigenvalue weighted by Crippen LogP contribution is 2.34. The quantitative estimate of drug-likeness (QED) is 0.523. The number of aliphatic imine (C=N–C) groups is 1.